The van der Waals surface area contributed by atoms with Gasteiger partial charge in [-0.05, 0) is 13.3 Å². The van der Waals surface area contributed by atoms with Crippen molar-refractivity contribution in [3.8, 4) is 0 Å². The van der Waals surface area contributed by atoms with Crippen molar-refractivity contribution in [3.05, 3.63) is 16.5 Å². The first-order valence-corrected chi connectivity index (χ1v) is 5.30. The van der Waals surface area contributed by atoms with Crippen LogP contribution in [0.4, 0.5) is 5.82 Å². The molecule has 0 bridgehead atoms. The van der Waals surface area contributed by atoms with Gasteiger partial charge in [0.15, 0.2) is 6.29 Å². The Bertz CT molecular complexity index is 355. The molecule has 0 amide bonds. The van der Waals surface area contributed by atoms with Gasteiger partial charge in [0.25, 0.3) is 0 Å². The molecule has 5 heteroatoms. The first kappa shape index (κ1) is 11.9. The zero-order chi connectivity index (χ0) is 11.3. The van der Waals surface area contributed by atoms with Gasteiger partial charge < -0.3 is 5.32 Å². The number of hydrogen-bond acceptors (Lipinski definition) is 4. The van der Waals surface area contributed by atoms with Crippen LogP contribution in [0.2, 0.25) is 5.15 Å². The second-order valence-electron chi connectivity index (χ2n) is 3.22. The first-order valence-electron chi connectivity index (χ1n) is 4.92. The average molecular weight is 228 g/mol. The molecular weight excluding hydrogens is 214 g/mol. The van der Waals surface area contributed by atoms with Gasteiger partial charge >= 0.3 is 0 Å². The molecule has 0 unspecified atom stereocenters. The van der Waals surface area contributed by atoms with E-state index in [1.165, 1.54) is 0 Å². The highest BCUT2D eigenvalue weighted by Crippen LogP contribution is 2.18. The van der Waals surface area contributed by atoms with Crippen molar-refractivity contribution < 1.29 is 4.79 Å². The molecule has 1 aromatic rings. The summed E-state index contributed by atoms with van der Waals surface area (Å²) in [5.41, 5.74) is 0.332. The molecule has 0 saturated heterocycles. The molecule has 15 heavy (non-hydrogen) atoms. The van der Waals surface area contributed by atoms with Crippen molar-refractivity contribution in [2.45, 2.75) is 26.7 Å². The minimum Gasteiger partial charge on any atom is -0.369 e. The van der Waals surface area contributed by atoms with Crippen molar-refractivity contribution in [1.29, 1.82) is 0 Å². The lowest BCUT2D eigenvalue weighted by Crippen LogP contribution is -2.08. The predicted octanol–water partition coefficient (Wildman–Crippen LogP) is 2.46. The Balaban J connectivity index is 2.88. The van der Waals surface area contributed by atoms with Crippen LogP contribution in [0.1, 0.15) is 35.9 Å². The number of unbranched alkanes of at least 4 members (excludes halogenated alkanes) is 1. The fraction of sp³-hybridized carbons (Fsp3) is 0.500. The molecular formula is C10H14ClN3O. The number of rotatable bonds is 5. The highest BCUT2D eigenvalue weighted by atomic mass is 35.5. The van der Waals surface area contributed by atoms with E-state index in [1.807, 2.05) is 0 Å². The number of hydrogen-bond donors (Lipinski definition) is 1. The Kier molecular flexibility index (Phi) is 4.49. The summed E-state index contributed by atoms with van der Waals surface area (Å²) in [6.45, 7) is 4.62. The van der Waals surface area contributed by atoms with E-state index >= 15 is 0 Å². The van der Waals surface area contributed by atoms with E-state index in [1.54, 1.807) is 6.92 Å². The number of aldehydes is 1. The van der Waals surface area contributed by atoms with Gasteiger partial charge in [0, 0.05) is 6.54 Å². The van der Waals surface area contributed by atoms with E-state index in [2.05, 4.69) is 22.2 Å². The van der Waals surface area contributed by atoms with Crippen LogP contribution < -0.4 is 5.32 Å². The standard InChI is InChI=1S/C10H14ClN3O/c1-3-4-5-12-10-8(6-15)9(11)13-7(2)14-10/h6H,3-5H2,1-2H3,(H,12,13,14). The second kappa shape index (κ2) is 5.66. The molecule has 1 N–H and O–H groups in total. The Labute approximate surface area is 94.1 Å². The number of carbonyl (C=O) groups excluding carboxylic acids is 1. The normalized spacial score (nSPS) is 10.1. The van der Waals surface area contributed by atoms with E-state index < -0.39 is 0 Å². The minimum absolute atomic E-state index is 0.205. The molecule has 1 rings (SSSR count). The van der Waals surface area contributed by atoms with Crippen LogP contribution in [0.3, 0.4) is 0 Å². The maximum absolute atomic E-state index is 10.8. The summed E-state index contributed by atoms with van der Waals surface area (Å²) in [5, 5.41) is 3.29. The number of nitrogens with zero attached hydrogens (tertiary/aromatic N) is 2. The van der Waals surface area contributed by atoms with Gasteiger partial charge in [-0.25, -0.2) is 9.97 Å². The van der Waals surface area contributed by atoms with Crippen LogP contribution in [-0.2, 0) is 0 Å². The lowest BCUT2D eigenvalue weighted by molar-refractivity contribution is 0.112. The molecule has 0 aliphatic rings. The van der Waals surface area contributed by atoms with Gasteiger partial charge in [-0.3, -0.25) is 4.79 Å². The van der Waals surface area contributed by atoms with Crippen molar-refractivity contribution in [3.63, 3.8) is 0 Å². The summed E-state index contributed by atoms with van der Waals surface area (Å²) in [6.07, 6.45) is 2.79. The monoisotopic (exact) mass is 227 g/mol. The van der Waals surface area contributed by atoms with E-state index in [9.17, 15) is 4.79 Å². The van der Waals surface area contributed by atoms with Crippen molar-refractivity contribution in [2.24, 2.45) is 0 Å². The topological polar surface area (TPSA) is 54.9 Å². The fourth-order valence-electron chi connectivity index (χ4n) is 1.17. The summed E-state index contributed by atoms with van der Waals surface area (Å²) in [4.78, 5) is 18.8. The van der Waals surface area contributed by atoms with Gasteiger partial charge in [0.05, 0.1) is 5.56 Å². The molecule has 0 aliphatic heterocycles. The number of nitrogens with one attached hydrogen (secondary N) is 1. The summed E-state index contributed by atoms with van der Waals surface area (Å²) < 4.78 is 0. The quantitative estimate of drug-likeness (QED) is 0.477. The average Bonchev–Trinajstić information content (AvgIpc) is 2.17. The zero-order valence-electron chi connectivity index (χ0n) is 8.88. The number of carbonyl (C=O) groups is 1. The lowest BCUT2D eigenvalue weighted by atomic mass is 10.3. The zero-order valence-corrected chi connectivity index (χ0v) is 9.64. The molecule has 0 atom stereocenters. The number of anilines is 1. The Morgan fingerprint density at radius 3 is 2.80 bits per heavy atom. The fourth-order valence-corrected chi connectivity index (χ4v) is 1.43. The Hall–Kier alpha value is -1.16. The van der Waals surface area contributed by atoms with Crippen molar-refractivity contribution >= 4 is 23.7 Å². The number of halogens is 1. The molecule has 0 aromatic carbocycles. The highest BCUT2D eigenvalue weighted by molar-refractivity contribution is 6.32. The van der Waals surface area contributed by atoms with Gasteiger partial charge in [-0.2, -0.15) is 0 Å². The van der Waals surface area contributed by atoms with Gasteiger partial charge in [0.1, 0.15) is 16.8 Å². The molecule has 82 valence electrons. The molecule has 1 heterocycles. The Morgan fingerprint density at radius 1 is 1.47 bits per heavy atom. The highest BCUT2D eigenvalue weighted by Gasteiger charge is 2.09. The summed E-state index contributed by atoms with van der Waals surface area (Å²) in [5.74, 6) is 1.08. The van der Waals surface area contributed by atoms with E-state index in [4.69, 9.17) is 11.6 Å². The molecule has 4 nitrogen and oxygen atoms in total. The van der Waals surface area contributed by atoms with E-state index in [-0.39, 0.29) is 5.15 Å². The number of aromatic nitrogens is 2. The van der Waals surface area contributed by atoms with Crippen LogP contribution in [0, 0.1) is 6.92 Å². The van der Waals surface area contributed by atoms with Gasteiger partial charge in [0.2, 0.25) is 0 Å². The molecule has 0 fully saturated rings. The summed E-state index contributed by atoms with van der Waals surface area (Å²) in [7, 11) is 0. The largest absolute Gasteiger partial charge is 0.369 e. The maximum Gasteiger partial charge on any atom is 0.156 e. The molecule has 0 radical (unpaired) electrons. The summed E-state index contributed by atoms with van der Waals surface area (Å²) in [6, 6.07) is 0. The third-order valence-electron chi connectivity index (χ3n) is 1.95. The maximum atomic E-state index is 10.8. The third kappa shape index (κ3) is 3.16. The molecule has 0 spiro atoms. The minimum atomic E-state index is 0.205. The third-order valence-corrected chi connectivity index (χ3v) is 2.24. The van der Waals surface area contributed by atoms with Gasteiger partial charge in [-0.1, -0.05) is 24.9 Å². The molecule has 0 saturated carbocycles. The molecule has 0 aliphatic carbocycles. The SMILES string of the molecule is CCCCNc1nc(C)nc(Cl)c1C=O. The Morgan fingerprint density at radius 2 is 2.20 bits per heavy atom. The van der Waals surface area contributed by atoms with Crippen LogP contribution >= 0.6 is 11.6 Å². The van der Waals surface area contributed by atoms with Crippen molar-refractivity contribution in [2.75, 3.05) is 11.9 Å². The first-order chi connectivity index (χ1) is 7.19. The summed E-state index contributed by atoms with van der Waals surface area (Å²) >= 11 is 5.83. The molecule has 1 aromatic heterocycles. The van der Waals surface area contributed by atoms with E-state index in [0.717, 1.165) is 19.4 Å². The number of aryl methyl sites for hydroxylation is 1. The smallest absolute Gasteiger partial charge is 0.156 e. The lowest BCUT2D eigenvalue weighted by Gasteiger charge is -2.08. The van der Waals surface area contributed by atoms with Crippen LogP contribution in [0.15, 0.2) is 0 Å². The predicted molar refractivity (Wildman–Crippen MR) is 60.6 cm³/mol. The van der Waals surface area contributed by atoms with Crippen molar-refractivity contribution in [1.82, 2.24) is 9.97 Å². The van der Waals surface area contributed by atoms with E-state index in [0.29, 0.717) is 23.5 Å². The van der Waals surface area contributed by atoms with Gasteiger partial charge in [-0.15, -0.1) is 0 Å². The van der Waals surface area contributed by atoms with Crippen LogP contribution in [0.25, 0.3) is 0 Å². The second-order valence-corrected chi connectivity index (χ2v) is 3.58. The van der Waals surface area contributed by atoms with Crippen LogP contribution in [0.5, 0.6) is 0 Å². The van der Waals surface area contributed by atoms with Crippen LogP contribution in [-0.4, -0.2) is 22.8 Å².